The first-order chi connectivity index (χ1) is 8.68. The van der Waals surface area contributed by atoms with Gasteiger partial charge in [0, 0.05) is 25.2 Å². The summed E-state index contributed by atoms with van der Waals surface area (Å²) in [5.41, 5.74) is 6.39. The summed E-state index contributed by atoms with van der Waals surface area (Å²) in [6.45, 7) is 5.66. The minimum absolute atomic E-state index is 0.245. The van der Waals surface area contributed by atoms with Crippen molar-refractivity contribution >= 4 is 5.96 Å². The molecule has 0 amide bonds. The van der Waals surface area contributed by atoms with Crippen molar-refractivity contribution in [3.63, 3.8) is 0 Å². The minimum atomic E-state index is 0.245. The van der Waals surface area contributed by atoms with Crippen LogP contribution in [0.25, 0.3) is 0 Å². The molecule has 1 spiro atoms. The molecule has 0 aromatic heterocycles. The van der Waals surface area contributed by atoms with E-state index in [1.165, 1.54) is 38.6 Å². The maximum Gasteiger partial charge on any atom is 0.191 e. The van der Waals surface area contributed by atoms with Crippen LogP contribution < -0.4 is 5.73 Å². The van der Waals surface area contributed by atoms with Crippen LogP contribution in [0, 0.1) is 5.92 Å². The van der Waals surface area contributed by atoms with Crippen LogP contribution in [0.4, 0.5) is 0 Å². The normalized spacial score (nSPS) is 40.8. The Morgan fingerprint density at radius 3 is 2.78 bits per heavy atom. The second-order valence-corrected chi connectivity index (χ2v) is 6.91. The van der Waals surface area contributed by atoms with Crippen molar-refractivity contribution in [3.8, 4) is 0 Å². The summed E-state index contributed by atoms with van der Waals surface area (Å²) >= 11 is 0. The standard InChI is InChI=1S/C14H24N4/c1-10-6-14(9-17(10)12-4-5-12)8-16-13(15)18(14)7-11-2-3-11/h10-12H,2-9H2,1H3,(H2,15,16). The number of likely N-dealkylation sites (tertiary alicyclic amines) is 1. The van der Waals surface area contributed by atoms with E-state index < -0.39 is 0 Å². The molecule has 0 aromatic rings. The van der Waals surface area contributed by atoms with Gasteiger partial charge in [0.25, 0.3) is 0 Å². The topological polar surface area (TPSA) is 44.9 Å². The summed E-state index contributed by atoms with van der Waals surface area (Å²) in [7, 11) is 0. The third-order valence-corrected chi connectivity index (χ3v) is 5.26. The van der Waals surface area contributed by atoms with Gasteiger partial charge in [0.2, 0.25) is 0 Å². The van der Waals surface area contributed by atoms with Gasteiger partial charge in [-0.3, -0.25) is 9.89 Å². The highest BCUT2D eigenvalue weighted by Gasteiger charge is 2.53. The fourth-order valence-corrected chi connectivity index (χ4v) is 3.92. The van der Waals surface area contributed by atoms with Crippen molar-refractivity contribution in [2.24, 2.45) is 16.6 Å². The molecule has 4 aliphatic rings. The van der Waals surface area contributed by atoms with E-state index in [2.05, 4.69) is 21.7 Å². The first kappa shape index (κ1) is 11.1. The zero-order valence-corrected chi connectivity index (χ0v) is 11.3. The van der Waals surface area contributed by atoms with E-state index in [0.717, 1.165) is 31.0 Å². The quantitative estimate of drug-likeness (QED) is 0.811. The number of hydrogen-bond donors (Lipinski definition) is 1. The van der Waals surface area contributed by atoms with E-state index in [1.807, 2.05) is 0 Å². The Kier molecular flexibility index (Phi) is 2.23. The second kappa shape index (κ2) is 3.62. The summed E-state index contributed by atoms with van der Waals surface area (Å²) in [6.07, 6.45) is 6.84. The number of nitrogens with two attached hydrogens (primary N) is 1. The smallest absolute Gasteiger partial charge is 0.191 e. The Hall–Kier alpha value is -0.770. The molecule has 0 radical (unpaired) electrons. The molecule has 4 rings (SSSR count). The van der Waals surface area contributed by atoms with Gasteiger partial charge in [0.15, 0.2) is 5.96 Å². The highest BCUT2D eigenvalue weighted by atomic mass is 15.4. The van der Waals surface area contributed by atoms with Crippen molar-refractivity contribution < 1.29 is 0 Å². The van der Waals surface area contributed by atoms with E-state index in [-0.39, 0.29) is 5.54 Å². The third kappa shape index (κ3) is 1.65. The van der Waals surface area contributed by atoms with Gasteiger partial charge in [0.1, 0.15) is 0 Å². The number of aliphatic imine (C=N–C) groups is 1. The van der Waals surface area contributed by atoms with Crippen molar-refractivity contribution in [1.29, 1.82) is 0 Å². The highest BCUT2D eigenvalue weighted by Crippen LogP contribution is 2.43. The van der Waals surface area contributed by atoms with Gasteiger partial charge >= 0.3 is 0 Å². The molecular formula is C14H24N4. The molecule has 2 saturated carbocycles. The van der Waals surface area contributed by atoms with E-state index in [0.29, 0.717) is 6.04 Å². The Bertz CT molecular complexity index is 385. The molecule has 100 valence electrons. The molecule has 2 N–H and O–H groups in total. The predicted molar refractivity (Wildman–Crippen MR) is 72.5 cm³/mol. The molecule has 2 aliphatic heterocycles. The first-order valence-electron chi connectivity index (χ1n) is 7.51. The van der Waals surface area contributed by atoms with Gasteiger partial charge in [-0.25, -0.2) is 0 Å². The Labute approximate surface area is 109 Å². The van der Waals surface area contributed by atoms with Gasteiger partial charge in [-0.2, -0.15) is 0 Å². The molecule has 4 heteroatoms. The molecule has 0 aromatic carbocycles. The average Bonchev–Trinajstić information content (AvgIpc) is 3.23. The molecule has 0 bridgehead atoms. The summed E-state index contributed by atoms with van der Waals surface area (Å²) < 4.78 is 0. The number of nitrogens with zero attached hydrogens (tertiary/aromatic N) is 3. The summed E-state index contributed by atoms with van der Waals surface area (Å²) in [5.74, 6) is 1.70. The Balaban J connectivity index is 1.54. The van der Waals surface area contributed by atoms with Crippen molar-refractivity contribution in [2.45, 2.75) is 56.7 Å². The van der Waals surface area contributed by atoms with E-state index in [9.17, 15) is 0 Å². The molecule has 3 fully saturated rings. The van der Waals surface area contributed by atoms with Crippen LogP contribution in [0.15, 0.2) is 4.99 Å². The van der Waals surface area contributed by atoms with Crippen LogP contribution in [0.1, 0.15) is 39.0 Å². The van der Waals surface area contributed by atoms with Gasteiger partial charge in [0.05, 0.1) is 12.1 Å². The number of hydrogen-bond acceptors (Lipinski definition) is 4. The zero-order chi connectivity index (χ0) is 12.3. The Morgan fingerprint density at radius 2 is 2.11 bits per heavy atom. The number of guanidine groups is 1. The van der Waals surface area contributed by atoms with Crippen LogP contribution in [0.2, 0.25) is 0 Å². The maximum absolute atomic E-state index is 6.15. The van der Waals surface area contributed by atoms with E-state index >= 15 is 0 Å². The third-order valence-electron chi connectivity index (χ3n) is 5.26. The van der Waals surface area contributed by atoms with Crippen molar-refractivity contribution in [1.82, 2.24) is 9.80 Å². The van der Waals surface area contributed by atoms with E-state index in [1.54, 1.807) is 0 Å². The molecule has 1 saturated heterocycles. The first-order valence-corrected chi connectivity index (χ1v) is 7.51. The fourth-order valence-electron chi connectivity index (χ4n) is 3.92. The lowest BCUT2D eigenvalue weighted by Crippen LogP contribution is -2.54. The molecule has 4 nitrogen and oxygen atoms in total. The molecule has 2 unspecified atom stereocenters. The monoisotopic (exact) mass is 248 g/mol. The van der Waals surface area contributed by atoms with Crippen LogP contribution in [0.5, 0.6) is 0 Å². The largest absolute Gasteiger partial charge is 0.370 e. The van der Waals surface area contributed by atoms with Gasteiger partial charge in [-0.15, -0.1) is 0 Å². The van der Waals surface area contributed by atoms with E-state index in [4.69, 9.17) is 5.73 Å². The predicted octanol–water partition coefficient (Wildman–Crippen LogP) is 1.02. The summed E-state index contributed by atoms with van der Waals surface area (Å²) in [5, 5.41) is 0. The number of rotatable bonds is 3. The molecule has 18 heavy (non-hydrogen) atoms. The minimum Gasteiger partial charge on any atom is -0.370 e. The molecule has 2 heterocycles. The zero-order valence-electron chi connectivity index (χ0n) is 11.3. The summed E-state index contributed by atoms with van der Waals surface area (Å²) in [6, 6.07) is 1.57. The SMILES string of the molecule is CC1CC2(CN=C(N)N2CC2CC2)CN1C1CC1. The highest BCUT2D eigenvalue weighted by molar-refractivity contribution is 5.81. The van der Waals surface area contributed by atoms with Gasteiger partial charge < -0.3 is 10.6 Å². The lowest BCUT2D eigenvalue weighted by Gasteiger charge is -2.36. The lowest BCUT2D eigenvalue weighted by molar-refractivity contribution is 0.184. The molecular weight excluding hydrogens is 224 g/mol. The van der Waals surface area contributed by atoms with Crippen LogP contribution in [-0.2, 0) is 0 Å². The lowest BCUT2D eigenvalue weighted by atomic mass is 9.95. The molecule has 2 atom stereocenters. The fraction of sp³-hybridized carbons (Fsp3) is 0.929. The summed E-state index contributed by atoms with van der Waals surface area (Å²) in [4.78, 5) is 9.75. The van der Waals surface area contributed by atoms with Crippen LogP contribution in [0.3, 0.4) is 0 Å². The van der Waals surface area contributed by atoms with Crippen molar-refractivity contribution in [2.75, 3.05) is 19.6 Å². The Morgan fingerprint density at radius 1 is 1.33 bits per heavy atom. The van der Waals surface area contributed by atoms with Crippen molar-refractivity contribution in [3.05, 3.63) is 0 Å². The van der Waals surface area contributed by atoms with Gasteiger partial charge in [-0.05, 0) is 44.9 Å². The molecule has 2 aliphatic carbocycles. The maximum atomic E-state index is 6.15. The van der Waals surface area contributed by atoms with Gasteiger partial charge in [-0.1, -0.05) is 0 Å². The van der Waals surface area contributed by atoms with Crippen LogP contribution >= 0.6 is 0 Å². The van der Waals surface area contributed by atoms with Crippen LogP contribution in [-0.4, -0.2) is 53.0 Å². The average molecular weight is 248 g/mol. The second-order valence-electron chi connectivity index (χ2n) is 6.91.